The number of hydrogen-bond acceptors (Lipinski definition) is 4. The second kappa shape index (κ2) is 6.04. The Balaban J connectivity index is 1.69. The molecule has 1 aromatic heterocycles. The molecular formula is C16H22N4O2. The molecule has 6 heteroatoms. The number of pyridine rings is 1. The number of aromatic nitrogens is 1. The van der Waals surface area contributed by atoms with Gasteiger partial charge in [0, 0.05) is 18.3 Å². The molecule has 2 fully saturated rings. The zero-order valence-electron chi connectivity index (χ0n) is 12.5. The average Bonchev–Trinajstić information content (AvgIpc) is 2.48. The number of carbonyl (C=O) groups is 2. The smallest absolute Gasteiger partial charge is 0.270 e. The zero-order chi connectivity index (χ0) is 15.7. The lowest BCUT2D eigenvalue weighted by molar-refractivity contribution is 0.0751. The van der Waals surface area contributed by atoms with Crippen molar-refractivity contribution in [1.82, 2.24) is 10.3 Å². The summed E-state index contributed by atoms with van der Waals surface area (Å²) in [5.41, 5.74) is 11.9. The summed E-state index contributed by atoms with van der Waals surface area (Å²) in [6, 6.07) is 3.52. The standard InChI is InChI=1S/C16H22N4O2/c17-12-6-9-2-1-3-10(7-12)14(9)20-16(22)13-5-4-11(8-19-13)15(18)21/h4-5,8-10,12,14H,1-3,6-7,17H2,(H2,18,21)(H,20,22). The van der Waals surface area contributed by atoms with E-state index in [9.17, 15) is 9.59 Å². The van der Waals surface area contributed by atoms with Crippen molar-refractivity contribution in [3.8, 4) is 0 Å². The van der Waals surface area contributed by atoms with Gasteiger partial charge in [-0.1, -0.05) is 6.42 Å². The molecule has 0 aliphatic heterocycles. The van der Waals surface area contributed by atoms with Gasteiger partial charge in [0.2, 0.25) is 5.91 Å². The number of nitrogens with one attached hydrogen (secondary N) is 1. The molecule has 1 aromatic rings. The summed E-state index contributed by atoms with van der Waals surface area (Å²) < 4.78 is 0. The number of nitrogens with zero attached hydrogens (tertiary/aromatic N) is 1. The molecule has 2 bridgehead atoms. The SMILES string of the molecule is NC(=O)c1ccc(C(=O)NC2C3CCCC2CC(N)C3)nc1. The van der Waals surface area contributed by atoms with Gasteiger partial charge >= 0.3 is 0 Å². The van der Waals surface area contributed by atoms with Crippen LogP contribution in [0, 0.1) is 11.8 Å². The van der Waals surface area contributed by atoms with Gasteiger partial charge in [0.15, 0.2) is 0 Å². The van der Waals surface area contributed by atoms with Gasteiger partial charge in [0.05, 0.1) is 5.56 Å². The van der Waals surface area contributed by atoms with Gasteiger partial charge in [-0.05, 0) is 49.7 Å². The topological polar surface area (TPSA) is 111 Å². The molecule has 2 atom stereocenters. The highest BCUT2D eigenvalue weighted by atomic mass is 16.2. The molecule has 2 unspecified atom stereocenters. The van der Waals surface area contributed by atoms with Crippen molar-refractivity contribution in [3.05, 3.63) is 29.6 Å². The second-order valence-electron chi connectivity index (χ2n) is 6.48. The minimum atomic E-state index is -0.546. The highest BCUT2D eigenvalue weighted by Crippen LogP contribution is 2.39. The third-order valence-electron chi connectivity index (χ3n) is 4.95. The van der Waals surface area contributed by atoms with E-state index in [2.05, 4.69) is 10.3 Å². The van der Waals surface area contributed by atoms with Crippen LogP contribution < -0.4 is 16.8 Å². The van der Waals surface area contributed by atoms with E-state index in [1.807, 2.05) is 0 Å². The molecule has 1 heterocycles. The number of amides is 2. The summed E-state index contributed by atoms with van der Waals surface area (Å²) in [7, 11) is 0. The summed E-state index contributed by atoms with van der Waals surface area (Å²) in [4.78, 5) is 27.5. The maximum atomic E-state index is 12.4. The van der Waals surface area contributed by atoms with Crippen LogP contribution in [-0.2, 0) is 0 Å². The van der Waals surface area contributed by atoms with Crippen LogP contribution in [-0.4, -0.2) is 28.9 Å². The maximum absolute atomic E-state index is 12.4. The van der Waals surface area contributed by atoms with Gasteiger partial charge in [0.25, 0.3) is 5.91 Å². The van der Waals surface area contributed by atoms with Crippen molar-refractivity contribution in [3.63, 3.8) is 0 Å². The van der Waals surface area contributed by atoms with Crippen molar-refractivity contribution in [2.45, 2.75) is 44.2 Å². The Bertz CT molecular complexity index is 558. The van der Waals surface area contributed by atoms with E-state index >= 15 is 0 Å². The molecule has 2 aliphatic carbocycles. The quantitative estimate of drug-likeness (QED) is 0.767. The van der Waals surface area contributed by atoms with Gasteiger partial charge in [-0.3, -0.25) is 14.6 Å². The lowest BCUT2D eigenvalue weighted by Gasteiger charge is -2.45. The molecule has 6 nitrogen and oxygen atoms in total. The lowest BCUT2D eigenvalue weighted by Crippen LogP contribution is -2.53. The van der Waals surface area contributed by atoms with Gasteiger partial charge < -0.3 is 16.8 Å². The molecule has 5 N–H and O–H groups in total. The fourth-order valence-corrected chi connectivity index (χ4v) is 3.92. The molecular weight excluding hydrogens is 280 g/mol. The number of rotatable bonds is 3. The van der Waals surface area contributed by atoms with Crippen LogP contribution in [0.5, 0.6) is 0 Å². The number of primary amides is 1. The number of hydrogen-bond donors (Lipinski definition) is 3. The highest BCUT2D eigenvalue weighted by molar-refractivity contribution is 5.95. The number of carbonyl (C=O) groups excluding carboxylic acids is 2. The summed E-state index contributed by atoms with van der Waals surface area (Å²) in [6.07, 6.45) is 6.78. The molecule has 0 aromatic carbocycles. The first-order valence-corrected chi connectivity index (χ1v) is 7.87. The zero-order valence-corrected chi connectivity index (χ0v) is 12.5. The van der Waals surface area contributed by atoms with Gasteiger partial charge in [-0.15, -0.1) is 0 Å². The largest absolute Gasteiger partial charge is 0.366 e. The minimum absolute atomic E-state index is 0.187. The van der Waals surface area contributed by atoms with E-state index in [-0.39, 0.29) is 18.0 Å². The Hall–Kier alpha value is -1.95. The molecule has 3 rings (SSSR count). The monoisotopic (exact) mass is 302 g/mol. The summed E-state index contributed by atoms with van der Waals surface area (Å²) in [6.45, 7) is 0. The summed E-state index contributed by atoms with van der Waals surface area (Å²) in [5.74, 6) is 0.205. The van der Waals surface area contributed by atoms with E-state index in [4.69, 9.17) is 11.5 Å². The molecule has 0 radical (unpaired) electrons. The molecule has 22 heavy (non-hydrogen) atoms. The van der Waals surface area contributed by atoms with E-state index in [0.717, 1.165) is 25.7 Å². The van der Waals surface area contributed by atoms with Crippen molar-refractivity contribution >= 4 is 11.8 Å². The van der Waals surface area contributed by atoms with Crippen LogP contribution >= 0.6 is 0 Å². The van der Waals surface area contributed by atoms with Gasteiger partial charge in [-0.25, -0.2) is 0 Å². The summed E-state index contributed by atoms with van der Waals surface area (Å²) in [5, 5.41) is 3.13. The Labute approximate surface area is 129 Å². The third kappa shape index (κ3) is 2.97. The predicted octanol–water partition coefficient (Wildman–Crippen LogP) is 0.816. The molecule has 118 valence electrons. The van der Waals surface area contributed by atoms with Crippen LogP contribution in [0.15, 0.2) is 18.3 Å². The van der Waals surface area contributed by atoms with Crippen LogP contribution in [0.2, 0.25) is 0 Å². The third-order valence-corrected chi connectivity index (χ3v) is 4.95. The number of fused-ring (bicyclic) bond motifs is 2. The Kier molecular flexibility index (Phi) is 4.11. The van der Waals surface area contributed by atoms with Crippen molar-refractivity contribution < 1.29 is 9.59 Å². The average molecular weight is 302 g/mol. The van der Waals surface area contributed by atoms with Gasteiger partial charge in [0.1, 0.15) is 5.69 Å². The van der Waals surface area contributed by atoms with E-state index in [0.29, 0.717) is 23.1 Å². The first-order chi connectivity index (χ1) is 10.5. The Morgan fingerprint density at radius 3 is 2.41 bits per heavy atom. The van der Waals surface area contributed by atoms with Crippen LogP contribution in [0.3, 0.4) is 0 Å². The van der Waals surface area contributed by atoms with E-state index < -0.39 is 5.91 Å². The fourth-order valence-electron chi connectivity index (χ4n) is 3.92. The molecule has 2 amide bonds. The second-order valence-corrected chi connectivity index (χ2v) is 6.48. The first-order valence-electron chi connectivity index (χ1n) is 7.87. The van der Waals surface area contributed by atoms with Crippen LogP contribution in [0.1, 0.15) is 53.0 Å². The summed E-state index contributed by atoms with van der Waals surface area (Å²) >= 11 is 0. The normalized spacial score (nSPS) is 30.6. The fraction of sp³-hybridized carbons (Fsp3) is 0.562. The van der Waals surface area contributed by atoms with E-state index in [1.54, 1.807) is 6.07 Å². The Morgan fingerprint density at radius 1 is 1.18 bits per heavy atom. The van der Waals surface area contributed by atoms with Crippen molar-refractivity contribution in [2.24, 2.45) is 23.3 Å². The lowest BCUT2D eigenvalue weighted by atomic mass is 9.67. The predicted molar refractivity (Wildman–Crippen MR) is 82.0 cm³/mol. The molecule has 2 saturated carbocycles. The van der Waals surface area contributed by atoms with Crippen LogP contribution in [0.4, 0.5) is 0 Å². The molecule has 0 spiro atoms. The highest BCUT2D eigenvalue weighted by Gasteiger charge is 2.40. The van der Waals surface area contributed by atoms with Crippen molar-refractivity contribution in [2.75, 3.05) is 0 Å². The van der Waals surface area contributed by atoms with Crippen molar-refractivity contribution in [1.29, 1.82) is 0 Å². The Morgan fingerprint density at radius 2 is 1.86 bits per heavy atom. The first kappa shape index (κ1) is 15.0. The number of nitrogens with two attached hydrogens (primary N) is 2. The van der Waals surface area contributed by atoms with Gasteiger partial charge in [-0.2, -0.15) is 0 Å². The van der Waals surface area contributed by atoms with E-state index in [1.165, 1.54) is 18.7 Å². The maximum Gasteiger partial charge on any atom is 0.270 e. The van der Waals surface area contributed by atoms with Crippen LogP contribution in [0.25, 0.3) is 0 Å². The molecule has 0 saturated heterocycles. The minimum Gasteiger partial charge on any atom is -0.366 e. The molecule has 2 aliphatic rings.